The number of nitrogens with one attached hydrogen (secondary N) is 2. The van der Waals surface area contributed by atoms with Gasteiger partial charge in [-0.15, -0.1) is 0 Å². The Kier molecular flexibility index (Phi) is 21.1. The highest BCUT2D eigenvalue weighted by molar-refractivity contribution is 9.10. The minimum Gasteiger partial charge on any atom is -0.476 e. The number of rotatable bonds is 12. The van der Waals surface area contributed by atoms with Gasteiger partial charge in [-0.3, -0.25) is 0 Å². The van der Waals surface area contributed by atoms with Gasteiger partial charge >= 0.3 is 12.2 Å². The second-order valence-corrected chi connectivity index (χ2v) is 30.4. The number of halogens is 1. The monoisotopic (exact) mass is 1350 g/mol. The van der Waals surface area contributed by atoms with E-state index in [1.807, 2.05) is 66.2 Å². The van der Waals surface area contributed by atoms with Gasteiger partial charge in [0.15, 0.2) is 0 Å². The molecule has 5 N–H and O–H groups in total. The van der Waals surface area contributed by atoms with Crippen LogP contribution >= 0.6 is 15.9 Å². The van der Waals surface area contributed by atoms with Gasteiger partial charge in [-0.25, -0.2) is 39.5 Å². The maximum Gasteiger partial charge on any atom is 0.408 e. The number of aromatic nitrogens is 6. The van der Waals surface area contributed by atoms with Gasteiger partial charge < -0.3 is 55.1 Å². The van der Waals surface area contributed by atoms with Crippen molar-refractivity contribution in [3.8, 4) is 11.8 Å². The summed E-state index contributed by atoms with van der Waals surface area (Å²) in [5, 5.41) is 14.6. The van der Waals surface area contributed by atoms with Crippen molar-refractivity contribution >= 4 is 45.6 Å². The van der Waals surface area contributed by atoms with Gasteiger partial charge in [0.05, 0.1) is 62.5 Å². The average Bonchev–Trinajstić information content (AvgIpc) is 1.61. The number of nitrogens with two attached hydrogens (primary N) is 1. The third-order valence-corrected chi connectivity index (χ3v) is 20.7. The first-order valence-corrected chi connectivity index (χ1v) is 34.7. The lowest BCUT2D eigenvalue weighted by Crippen LogP contribution is -2.47. The third kappa shape index (κ3) is 16.9. The largest absolute Gasteiger partial charge is 0.476 e. The molecule has 3 spiro atoms. The molecule has 15 rings (SSSR count). The van der Waals surface area contributed by atoms with Gasteiger partial charge in [0.1, 0.15) is 33.3 Å². The van der Waals surface area contributed by atoms with Crippen LogP contribution in [0.1, 0.15) is 178 Å². The predicted octanol–water partition coefficient (Wildman–Crippen LogP) is 13.5. The van der Waals surface area contributed by atoms with Gasteiger partial charge in [0.2, 0.25) is 11.8 Å². The molecule has 3 saturated heterocycles. The number of benzene rings is 3. The first kappa shape index (κ1) is 68.2. The Hall–Kier alpha value is -7.16. The van der Waals surface area contributed by atoms with E-state index in [0.29, 0.717) is 30.2 Å². The van der Waals surface area contributed by atoms with Gasteiger partial charge in [-0.1, -0.05) is 80.2 Å². The summed E-state index contributed by atoms with van der Waals surface area (Å²) in [6.45, 7) is 18.8. The molecule has 94 heavy (non-hydrogen) atoms. The van der Waals surface area contributed by atoms with Crippen LogP contribution in [0.5, 0.6) is 11.8 Å². The second-order valence-electron chi connectivity index (χ2n) is 29.6. The molecule has 504 valence electrons. The van der Waals surface area contributed by atoms with Crippen LogP contribution in [0.3, 0.4) is 0 Å². The van der Waals surface area contributed by atoms with Gasteiger partial charge in [0, 0.05) is 62.7 Å². The molecule has 3 atom stereocenters. The number of aliphatic hydroxyl groups is 1. The molecule has 0 unspecified atom stereocenters. The number of aliphatic hydroxyl groups excluding tert-OH is 1. The number of hydrogen-bond donors (Lipinski definition) is 4. The molecule has 20 heteroatoms. The van der Waals surface area contributed by atoms with Crippen molar-refractivity contribution < 1.29 is 33.6 Å². The van der Waals surface area contributed by atoms with E-state index in [9.17, 15) is 9.59 Å². The molecule has 3 aliphatic heterocycles. The minimum atomic E-state index is -0.522. The van der Waals surface area contributed by atoms with Crippen molar-refractivity contribution in [2.45, 2.75) is 175 Å². The fourth-order valence-corrected chi connectivity index (χ4v) is 14.7. The summed E-state index contributed by atoms with van der Waals surface area (Å²) in [7, 11) is 0. The Morgan fingerprint density at radius 3 is 1.19 bits per heavy atom. The highest BCUT2D eigenvalue weighted by Crippen LogP contribution is 2.55. The van der Waals surface area contributed by atoms with Crippen molar-refractivity contribution in [2.75, 3.05) is 73.8 Å². The Morgan fingerprint density at radius 1 is 0.511 bits per heavy atom. The van der Waals surface area contributed by atoms with E-state index >= 15 is 0 Å². The number of carbonyl (C=O) groups is 2. The smallest absolute Gasteiger partial charge is 0.408 e. The van der Waals surface area contributed by atoms with Gasteiger partial charge in [-0.2, -0.15) is 0 Å². The van der Waals surface area contributed by atoms with Crippen LogP contribution in [0.15, 0.2) is 115 Å². The normalized spacial score (nSPS) is 21.7. The molecule has 0 radical (unpaired) electrons. The molecule has 6 aliphatic carbocycles. The van der Waals surface area contributed by atoms with E-state index in [4.69, 9.17) is 29.8 Å². The Balaban J connectivity index is 0.000000138. The Bertz CT molecular complexity index is 3480. The first-order valence-electron chi connectivity index (χ1n) is 33.9. The maximum absolute atomic E-state index is 12.7. The molecule has 2 amide bonds. The van der Waals surface area contributed by atoms with E-state index in [0.717, 1.165) is 138 Å². The summed E-state index contributed by atoms with van der Waals surface area (Å²) >= 11 is 3.34. The number of piperidine rings is 3. The summed E-state index contributed by atoms with van der Waals surface area (Å²) < 4.78 is 23.3. The SMILES string of the molecule is C.CC(C)(C)OC(=O)N[C@@H]1c2ccccc2CC12CCN(c1cnc(Br)cn1)CC2.CC(C)(C)OC(=O)N[C@@H]1c2ccccc2CC12CCN(c1cnc(OCC3CC3)cn1)CC2.N[C@@H]1c2ccccc2CC12CCN(c1cnc(OCC3CC3)cn1)CC2.OCC1CC1. The quantitative estimate of drug-likeness (QED) is 0.0893. The number of anilines is 3. The van der Waals surface area contributed by atoms with Crippen LogP contribution in [-0.4, -0.2) is 117 Å². The molecule has 3 aromatic heterocycles. The van der Waals surface area contributed by atoms with Crippen LogP contribution in [0.4, 0.5) is 27.0 Å². The summed E-state index contributed by atoms with van der Waals surface area (Å²) in [5.74, 6) is 6.09. The van der Waals surface area contributed by atoms with Crippen molar-refractivity contribution in [3.63, 3.8) is 0 Å². The van der Waals surface area contributed by atoms with Crippen molar-refractivity contribution in [2.24, 2.45) is 39.7 Å². The average molecular weight is 1350 g/mol. The number of hydrogen-bond acceptors (Lipinski definition) is 17. The standard InChI is InChI=1S/C26H34N4O3.C22H27BrN4O2.C21H26N4O.C4H8O.CH4/c1-25(2,3)33-24(31)29-23-20-7-5-4-6-19(20)14-26(23)10-12-30(13-11-26)21-15-28-22(16-27-21)32-17-18-8-9-18;1-21(2,3)29-20(28)26-19-16-7-5-4-6-15(16)12-22(19)8-10-27(11-9-22)18-14-24-17(23)13-25-18;22-20-17-4-2-1-3-16(17)11-21(20)7-9-25(10-8-21)18-12-24-19(13-23-18)26-14-15-5-6-15;5-3-4-1-2-4;/h4-7,15-16,18,23H,8-14,17H2,1-3H3,(H,29,31);4-7,13-14,19H,8-12H2,1-3H3,(H,26,28);1-4,12-13,15,20H,5-11,14,22H2;4-5H,1-3H2;1H4/t23-;19-;20-;;/m111../s1. The highest BCUT2D eigenvalue weighted by Gasteiger charge is 2.51. The summed E-state index contributed by atoms with van der Waals surface area (Å²) in [6.07, 6.45) is 26.7. The number of alkyl carbamates (subject to hydrolysis) is 2. The molecule has 3 aromatic carbocycles. The third-order valence-electron chi connectivity index (χ3n) is 20.3. The van der Waals surface area contributed by atoms with Gasteiger partial charge in [-0.05, 0) is 210 Å². The molecule has 19 nitrogen and oxygen atoms in total. The fourth-order valence-electron chi connectivity index (χ4n) is 14.5. The topological polar surface area (TPSA) is 228 Å². The Morgan fingerprint density at radius 2 is 0.862 bits per heavy atom. The summed E-state index contributed by atoms with van der Waals surface area (Å²) in [5.41, 5.74) is 13.7. The van der Waals surface area contributed by atoms with Crippen molar-refractivity contribution in [1.82, 2.24) is 40.5 Å². The second kappa shape index (κ2) is 29.0. The molecule has 9 aliphatic rings. The van der Waals surface area contributed by atoms with Crippen molar-refractivity contribution in [1.29, 1.82) is 0 Å². The van der Waals surface area contributed by atoms with Crippen LogP contribution in [-0.2, 0) is 28.7 Å². The molecule has 6 fully saturated rings. The number of nitrogens with zero attached hydrogens (tertiary/aromatic N) is 9. The zero-order chi connectivity index (χ0) is 65.0. The lowest BCUT2D eigenvalue weighted by molar-refractivity contribution is 0.0418. The number of ether oxygens (including phenoxy) is 4. The van der Waals surface area contributed by atoms with E-state index in [1.165, 1.54) is 71.9 Å². The summed E-state index contributed by atoms with van der Waals surface area (Å²) in [6, 6.07) is 25.7. The van der Waals surface area contributed by atoms with E-state index in [-0.39, 0.29) is 54.0 Å². The van der Waals surface area contributed by atoms with Crippen LogP contribution in [0, 0.1) is 34.0 Å². The summed E-state index contributed by atoms with van der Waals surface area (Å²) in [4.78, 5) is 59.1. The fraction of sp³-hybridized carbons (Fsp3) is 0.568. The van der Waals surface area contributed by atoms with Gasteiger partial charge in [0.25, 0.3) is 0 Å². The Labute approximate surface area is 564 Å². The number of fused-ring (bicyclic) bond motifs is 3. The van der Waals surface area contributed by atoms with Crippen LogP contribution in [0.25, 0.3) is 0 Å². The van der Waals surface area contributed by atoms with Crippen LogP contribution < -0.4 is 40.5 Å². The zero-order valence-electron chi connectivity index (χ0n) is 55.2. The van der Waals surface area contributed by atoms with Crippen LogP contribution in [0.2, 0.25) is 0 Å². The number of carbonyl (C=O) groups excluding carboxylic acids is 2. The molecule has 6 aromatic rings. The minimum absolute atomic E-state index is 0. The lowest BCUT2D eigenvalue weighted by atomic mass is 9.72. The zero-order valence-corrected chi connectivity index (χ0v) is 56.8. The predicted molar refractivity (Wildman–Crippen MR) is 370 cm³/mol. The molecular formula is C74H99BrN12O7. The van der Waals surface area contributed by atoms with E-state index < -0.39 is 11.2 Å². The van der Waals surface area contributed by atoms with Crippen molar-refractivity contribution in [3.05, 3.63) is 148 Å². The van der Waals surface area contributed by atoms with E-state index in [2.05, 4.69) is 138 Å². The lowest BCUT2D eigenvalue weighted by Gasteiger charge is -2.43. The molecule has 3 saturated carbocycles. The number of amides is 2. The van der Waals surface area contributed by atoms with E-state index in [1.54, 1.807) is 18.6 Å². The highest BCUT2D eigenvalue weighted by atomic mass is 79.9. The molecule has 6 heterocycles. The maximum atomic E-state index is 12.7. The molecular weight excluding hydrogens is 1250 g/mol. The first-order chi connectivity index (χ1) is 44.7. The molecule has 0 bridgehead atoms.